The van der Waals surface area contributed by atoms with Crippen LogP contribution >= 0.6 is 0 Å². The van der Waals surface area contributed by atoms with Crippen LogP contribution in [0.1, 0.15) is 39.2 Å². The summed E-state index contributed by atoms with van der Waals surface area (Å²) in [6.45, 7) is 9.24. The standard InChI is InChI=1S/C20H35N5O/c1-20(2,3)18-16(8-7-11-26-18)14-24-19(21-4)23-13-15-9-10-22-17(12-15)25(5)6/h9-10,12,16,18H,7-8,11,13-14H2,1-6H3,(H2,21,23,24). The van der Waals surface area contributed by atoms with Gasteiger partial charge in [0.25, 0.3) is 0 Å². The van der Waals surface area contributed by atoms with Gasteiger partial charge in [-0.15, -0.1) is 0 Å². The molecule has 146 valence electrons. The second-order valence-electron chi connectivity index (χ2n) is 8.28. The third-order valence-electron chi connectivity index (χ3n) is 4.78. The van der Waals surface area contributed by atoms with Gasteiger partial charge in [-0.1, -0.05) is 20.8 Å². The summed E-state index contributed by atoms with van der Waals surface area (Å²) in [5, 5.41) is 6.88. The van der Waals surface area contributed by atoms with E-state index in [1.165, 1.54) is 12.0 Å². The predicted octanol–water partition coefficient (Wildman–Crippen LogP) is 2.65. The molecule has 0 aromatic carbocycles. The first kappa shape index (κ1) is 20.5. The zero-order chi connectivity index (χ0) is 19.2. The number of nitrogens with zero attached hydrogens (tertiary/aromatic N) is 3. The lowest BCUT2D eigenvalue weighted by atomic mass is 9.78. The van der Waals surface area contributed by atoms with Crippen LogP contribution in [0.3, 0.4) is 0 Å². The molecule has 0 aliphatic carbocycles. The summed E-state index contributed by atoms with van der Waals surface area (Å²) >= 11 is 0. The van der Waals surface area contributed by atoms with Crippen LogP contribution in [-0.4, -0.2) is 51.3 Å². The zero-order valence-electron chi connectivity index (χ0n) is 17.2. The lowest BCUT2D eigenvalue weighted by Crippen LogP contribution is -2.47. The average Bonchev–Trinajstić information content (AvgIpc) is 2.61. The van der Waals surface area contributed by atoms with E-state index >= 15 is 0 Å². The SMILES string of the molecule is CN=C(NCc1ccnc(N(C)C)c1)NCC1CCCOC1C(C)(C)C. The number of rotatable bonds is 5. The molecule has 2 atom stereocenters. The number of guanidine groups is 1. The molecule has 1 aliphatic heterocycles. The topological polar surface area (TPSA) is 61.8 Å². The van der Waals surface area contributed by atoms with Crippen molar-refractivity contribution in [2.24, 2.45) is 16.3 Å². The summed E-state index contributed by atoms with van der Waals surface area (Å²) in [5.74, 6) is 2.29. The molecule has 0 spiro atoms. The Morgan fingerprint density at radius 3 is 2.77 bits per heavy atom. The summed E-state index contributed by atoms with van der Waals surface area (Å²) in [6, 6.07) is 4.11. The molecule has 2 N–H and O–H groups in total. The van der Waals surface area contributed by atoms with E-state index in [0.717, 1.165) is 31.3 Å². The van der Waals surface area contributed by atoms with Crippen LogP contribution in [0.5, 0.6) is 0 Å². The van der Waals surface area contributed by atoms with Crippen molar-refractivity contribution in [1.82, 2.24) is 15.6 Å². The van der Waals surface area contributed by atoms with E-state index in [0.29, 0.717) is 12.5 Å². The smallest absolute Gasteiger partial charge is 0.191 e. The molecule has 1 aliphatic rings. The molecule has 0 radical (unpaired) electrons. The maximum atomic E-state index is 6.07. The third-order valence-corrected chi connectivity index (χ3v) is 4.78. The molecule has 0 amide bonds. The van der Waals surface area contributed by atoms with E-state index < -0.39 is 0 Å². The maximum absolute atomic E-state index is 6.07. The molecule has 1 aromatic heterocycles. The predicted molar refractivity (Wildman–Crippen MR) is 109 cm³/mol. The molecule has 1 saturated heterocycles. The van der Waals surface area contributed by atoms with Crippen molar-refractivity contribution in [3.05, 3.63) is 23.9 Å². The Kier molecular flexibility index (Phi) is 7.26. The fourth-order valence-corrected chi connectivity index (χ4v) is 3.46. The summed E-state index contributed by atoms with van der Waals surface area (Å²) in [7, 11) is 5.81. The Balaban J connectivity index is 1.88. The fourth-order valence-electron chi connectivity index (χ4n) is 3.46. The van der Waals surface area contributed by atoms with Crippen molar-refractivity contribution in [1.29, 1.82) is 0 Å². The van der Waals surface area contributed by atoms with Gasteiger partial charge in [-0.05, 0) is 36.0 Å². The van der Waals surface area contributed by atoms with E-state index in [1.54, 1.807) is 0 Å². The highest BCUT2D eigenvalue weighted by atomic mass is 16.5. The van der Waals surface area contributed by atoms with E-state index in [4.69, 9.17) is 4.74 Å². The Labute approximate surface area is 158 Å². The molecule has 1 fully saturated rings. The number of aromatic nitrogens is 1. The van der Waals surface area contributed by atoms with Crippen molar-refractivity contribution >= 4 is 11.8 Å². The Bertz CT molecular complexity index is 594. The molecule has 26 heavy (non-hydrogen) atoms. The number of anilines is 1. The monoisotopic (exact) mass is 361 g/mol. The maximum Gasteiger partial charge on any atom is 0.191 e. The van der Waals surface area contributed by atoms with Crippen molar-refractivity contribution in [2.45, 2.75) is 46.3 Å². The number of hydrogen-bond acceptors (Lipinski definition) is 4. The molecule has 2 unspecified atom stereocenters. The minimum absolute atomic E-state index is 0.156. The first-order valence-corrected chi connectivity index (χ1v) is 9.49. The van der Waals surface area contributed by atoms with E-state index in [2.05, 4.69) is 47.4 Å². The van der Waals surface area contributed by atoms with Gasteiger partial charge < -0.3 is 20.3 Å². The van der Waals surface area contributed by atoms with Crippen molar-refractivity contribution in [3.8, 4) is 0 Å². The first-order valence-electron chi connectivity index (χ1n) is 9.49. The molecule has 2 rings (SSSR count). The highest BCUT2D eigenvalue weighted by molar-refractivity contribution is 5.79. The largest absolute Gasteiger partial charge is 0.377 e. The van der Waals surface area contributed by atoms with Gasteiger partial charge in [0.1, 0.15) is 5.82 Å². The molecule has 1 aromatic rings. The average molecular weight is 362 g/mol. The lowest BCUT2D eigenvalue weighted by molar-refractivity contribution is -0.0835. The van der Waals surface area contributed by atoms with Crippen LogP contribution < -0.4 is 15.5 Å². The molecule has 6 heteroatoms. The van der Waals surface area contributed by atoms with Crippen molar-refractivity contribution in [2.75, 3.05) is 39.2 Å². The molecular formula is C20H35N5O. The lowest BCUT2D eigenvalue weighted by Gasteiger charge is -2.40. The van der Waals surface area contributed by atoms with Crippen LogP contribution in [0, 0.1) is 11.3 Å². The molecule has 0 bridgehead atoms. The Morgan fingerprint density at radius 2 is 2.12 bits per heavy atom. The van der Waals surface area contributed by atoms with Gasteiger partial charge in [0, 0.05) is 53.0 Å². The highest BCUT2D eigenvalue weighted by Crippen LogP contribution is 2.33. The number of ether oxygens (including phenoxy) is 1. The summed E-state index contributed by atoms with van der Waals surface area (Å²) in [6.07, 6.45) is 4.46. The van der Waals surface area contributed by atoms with E-state index in [-0.39, 0.29) is 11.5 Å². The van der Waals surface area contributed by atoms with Crippen LogP contribution in [-0.2, 0) is 11.3 Å². The van der Waals surface area contributed by atoms with Gasteiger partial charge in [0.15, 0.2) is 5.96 Å². The molecular weight excluding hydrogens is 326 g/mol. The Hall–Kier alpha value is -1.82. The van der Waals surface area contributed by atoms with Gasteiger partial charge in [-0.25, -0.2) is 4.98 Å². The molecule has 6 nitrogen and oxygen atoms in total. The number of aliphatic imine (C=N–C) groups is 1. The summed E-state index contributed by atoms with van der Waals surface area (Å²) in [5.41, 5.74) is 1.34. The summed E-state index contributed by atoms with van der Waals surface area (Å²) in [4.78, 5) is 10.7. The summed E-state index contributed by atoms with van der Waals surface area (Å²) < 4.78 is 6.07. The van der Waals surface area contributed by atoms with Crippen molar-refractivity contribution < 1.29 is 4.74 Å². The fraction of sp³-hybridized carbons (Fsp3) is 0.700. The number of hydrogen-bond donors (Lipinski definition) is 2. The molecule has 2 heterocycles. The van der Waals surface area contributed by atoms with Crippen LogP contribution in [0.4, 0.5) is 5.82 Å². The second-order valence-corrected chi connectivity index (χ2v) is 8.28. The van der Waals surface area contributed by atoms with E-state index in [9.17, 15) is 0 Å². The number of nitrogens with one attached hydrogen (secondary N) is 2. The van der Waals surface area contributed by atoms with Gasteiger partial charge in [-0.2, -0.15) is 0 Å². The van der Waals surface area contributed by atoms with Gasteiger partial charge in [-0.3, -0.25) is 4.99 Å². The molecule has 0 saturated carbocycles. The van der Waals surface area contributed by atoms with E-state index in [1.807, 2.05) is 38.3 Å². The van der Waals surface area contributed by atoms with Crippen molar-refractivity contribution in [3.63, 3.8) is 0 Å². The third kappa shape index (κ3) is 5.87. The van der Waals surface area contributed by atoms with Crippen LogP contribution in [0.25, 0.3) is 0 Å². The minimum atomic E-state index is 0.156. The van der Waals surface area contributed by atoms with Crippen LogP contribution in [0.15, 0.2) is 23.3 Å². The first-order chi connectivity index (χ1) is 12.3. The second kappa shape index (κ2) is 9.21. The normalized spacial score (nSPS) is 21.4. The Morgan fingerprint density at radius 1 is 1.35 bits per heavy atom. The van der Waals surface area contributed by atoms with Gasteiger partial charge >= 0.3 is 0 Å². The van der Waals surface area contributed by atoms with Crippen LogP contribution in [0.2, 0.25) is 0 Å². The van der Waals surface area contributed by atoms with Gasteiger partial charge in [0.05, 0.1) is 6.10 Å². The minimum Gasteiger partial charge on any atom is -0.377 e. The quantitative estimate of drug-likeness (QED) is 0.624. The zero-order valence-corrected chi connectivity index (χ0v) is 17.2. The number of pyridine rings is 1. The highest BCUT2D eigenvalue weighted by Gasteiger charge is 2.35. The van der Waals surface area contributed by atoms with Gasteiger partial charge in [0.2, 0.25) is 0 Å².